The van der Waals surface area contributed by atoms with Gasteiger partial charge in [0.15, 0.2) is 0 Å². The van der Waals surface area contributed by atoms with Crippen molar-refractivity contribution in [2.24, 2.45) is 0 Å². The van der Waals surface area contributed by atoms with Gasteiger partial charge in [0.05, 0.1) is 17.2 Å². The first-order valence-corrected chi connectivity index (χ1v) is 12.8. The van der Waals surface area contributed by atoms with Crippen LogP contribution >= 0.6 is 0 Å². The summed E-state index contributed by atoms with van der Waals surface area (Å²) >= 11 is 0. The molecule has 0 bridgehead atoms. The molecule has 3 aromatic rings. The molecule has 6 nitrogen and oxygen atoms in total. The van der Waals surface area contributed by atoms with Crippen molar-refractivity contribution in [3.8, 4) is 0 Å². The summed E-state index contributed by atoms with van der Waals surface area (Å²) in [4.78, 5) is 15.1. The lowest BCUT2D eigenvalue weighted by molar-refractivity contribution is -0.140. The minimum absolute atomic E-state index is 0.133. The van der Waals surface area contributed by atoms with Gasteiger partial charge in [-0.15, -0.1) is 0 Å². The number of hydrogen-bond donors (Lipinski definition) is 4. The molecule has 1 aliphatic rings. The van der Waals surface area contributed by atoms with Gasteiger partial charge in [-0.05, 0) is 86.8 Å². The average Bonchev–Trinajstić information content (AvgIpc) is 2.89. The van der Waals surface area contributed by atoms with Gasteiger partial charge in [-0.2, -0.15) is 13.2 Å². The Morgan fingerprint density at radius 2 is 1.60 bits per heavy atom. The number of carbonyl (C=O) groups is 1. The number of aliphatic hydroxyl groups excluding tert-OH is 1. The third-order valence-corrected chi connectivity index (χ3v) is 6.87. The zero-order valence-electron chi connectivity index (χ0n) is 22.1. The molecule has 0 unspecified atom stereocenters. The van der Waals surface area contributed by atoms with Crippen molar-refractivity contribution >= 4 is 28.7 Å². The highest BCUT2D eigenvalue weighted by Gasteiger charge is 2.35. The molecular weight excluding hydrogens is 531 g/mol. The normalized spacial score (nSPS) is 14.8. The molecule has 40 heavy (non-hydrogen) atoms. The molecular formula is C29H31F5N4O2. The van der Waals surface area contributed by atoms with Crippen molar-refractivity contribution in [3.05, 3.63) is 83.4 Å². The van der Waals surface area contributed by atoms with E-state index in [-0.39, 0.29) is 18.3 Å². The maximum Gasteiger partial charge on any atom is 0.419 e. The maximum absolute atomic E-state index is 14.1. The van der Waals surface area contributed by atoms with Crippen molar-refractivity contribution in [3.63, 3.8) is 0 Å². The lowest BCUT2D eigenvalue weighted by Crippen LogP contribution is -2.49. The van der Waals surface area contributed by atoms with Crippen molar-refractivity contribution < 1.29 is 31.9 Å². The number of halogens is 5. The third-order valence-electron chi connectivity index (χ3n) is 6.87. The number of anilines is 4. The molecule has 1 amide bonds. The molecule has 4 rings (SSSR count). The lowest BCUT2D eigenvalue weighted by atomic mass is 10.0. The summed E-state index contributed by atoms with van der Waals surface area (Å²) in [5.74, 6) is -2.52. The van der Waals surface area contributed by atoms with Gasteiger partial charge < -0.3 is 20.6 Å². The first-order chi connectivity index (χ1) is 18.8. The van der Waals surface area contributed by atoms with E-state index < -0.39 is 34.8 Å². The highest BCUT2D eigenvalue weighted by atomic mass is 19.4. The Morgan fingerprint density at radius 1 is 0.950 bits per heavy atom. The summed E-state index contributed by atoms with van der Waals surface area (Å²) < 4.78 is 66.8. The average molecular weight is 563 g/mol. The predicted octanol–water partition coefficient (Wildman–Crippen LogP) is 6.20. The number of hydrogen-bond acceptors (Lipinski definition) is 5. The second-order valence-electron chi connectivity index (χ2n) is 10.3. The van der Waals surface area contributed by atoms with Crippen LogP contribution in [0.25, 0.3) is 0 Å². The molecule has 214 valence electrons. The summed E-state index contributed by atoms with van der Waals surface area (Å²) in [5, 5.41) is 18.4. The van der Waals surface area contributed by atoms with Crippen LogP contribution in [0.4, 0.5) is 44.7 Å². The van der Waals surface area contributed by atoms with Gasteiger partial charge in [-0.1, -0.05) is 6.07 Å². The van der Waals surface area contributed by atoms with Gasteiger partial charge in [0, 0.05) is 42.4 Å². The van der Waals surface area contributed by atoms with Crippen molar-refractivity contribution in [1.82, 2.24) is 5.32 Å². The topological polar surface area (TPSA) is 76.6 Å². The van der Waals surface area contributed by atoms with Crippen LogP contribution in [0.2, 0.25) is 0 Å². The second kappa shape index (κ2) is 11.8. The second-order valence-corrected chi connectivity index (χ2v) is 10.3. The van der Waals surface area contributed by atoms with E-state index in [4.69, 9.17) is 0 Å². The Labute approximate surface area is 229 Å². The van der Waals surface area contributed by atoms with Crippen molar-refractivity contribution in [2.75, 3.05) is 28.6 Å². The number of carbonyl (C=O) groups excluding carboxylic acids is 1. The molecule has 0 saturated carbocycles. The fraction of sp³-hybridized carbons (Fsp3) is 0.345. The van der Waals surface area contributed by atoms with E-state index in [1.807, 2.05) is 24.3 Å². The number of alkyl halides is 3. The summed E-state index contributed by atoms with van der Waals surface area (Å²) in [6, 6.07) is 14.1. The number of amides is 1. The van der Waals surface area contributed by atoms with Gasteiger partial charge in [0.25, 0.3) is 0 Å². The molecule has 3 aromatic carbocycles. The predicted molar refractivity (Wildman–Crippen MR) is 145 cm³/mol. The Balaban J connectivity index is 1.42. The van der Waals surface area contributed by atoms with Crippen LogP contribution in [0.5, 0.6) is 0 Å². The van der Waals surface area contributed by atoms with Crippen LogP contribution in [0.3, 0.4) is 0 Å². The molecule has 11 heteroatoms. The van der Waals surface area contributed by atoms with Gasteiger partial charge in [-0.25, -0.2) is 8.78 Å². The summed E-state index contributed by atoms with van der Waals surface area (Å²) in [5.41, 5.74) is -0.0373. The highest BCUT2D eigenvalue weighted by molar-refractivity contribution is 5.97. The minimum atomic E-state index is -4.90. The van der Waals surface area contributed by atoms with E-state index in [2.05, 4.69) is 20.9 Å². The zero-order chi connectivity index (χ0) is 29.1. The molecule has 1 aliphatic heterocycles. The number of piperidine rings is 1. The Hall–Kier alpha value is -3.70. The number of nitrogens with zero attached hydrogens (tertiary/aromatic N) is 1. The van der Waals surface area contributed by atoms with E-state index in [0.717, 1.165) is 30.5 Å². The Morgan fingerprint density at radius 3 is 2.25 bits per heavy atom. The maximum atomic E-state index is 14.1. The number of aliphatic hydroxyl groups is 1. The van der Waals surface area contributed by atoms with Crippen LogP contribution in [0.1, 0.15) is 37.8 Å². The van der Waals surface area contributed by atoms with Crippen molar-refractivity contribution in [2.45, 2.75) is 51.1 Å². The summed E-state index contributed by atoms with van der Waals surface area (Å²) in [6.07, 6.45) is -3.74. The monoisotopic (exact) mass is 562 g/mol. The molecule has 1 heterocycles. The van der Waals surface area contributed by atoms with Crippen LogP contribution < -0.4 is 20.9 Å². The van der Waals surface area contributed by atoms with Gasteiger partial charge >= 0.3 is 6.18 Å². The van der Waals surface area contributed by atoms with Gasteiger partial charge in [-0.3, -0.25) is 10.1 Å². The Bertz CT molecular complexity index is 1340. The highest BCUT2D eigenvalue weighted by Crippen LogP contribution is 2.33. The fourth-order valence-corrected chi connectivity index (χ4v) is 4.36. The molecule has 0 aromatic heterocycles. The number of nitrogens with one attached hydrogen (secondary N) is 3. The SMILES string of the molecule is CC(C)(NCc1ccc(F)cc1Nc1ccc(N2CCC(O)CC2)cc1)C(=O)Nc1ccc(F)c(C(F)(F)F)c1. The summed E-state index contributed by atoms with van der Waals surface area (Å²) in [7, 11) is 0. The van der Waals surface area contributed by atoms with Gasteiger partial charge in [0.1, 0.15) is 11.6 Å². The molecule has 0 atom stereocenters. The smallest absolute Gasteiger partial charge is 0.393 e. The molecule has 1 saturated heterocycles. The van der Waals surface area contributed by atoms with Gasteiger partial charge in [0.2, 0.25) is 5.91 Å². The molecule has 1 fully saturated rings. The number of rotatable bonds is 8. The first kappa shape index (κ1) is 29.3. The molecule has 0 aliphatic carbocycles. The fourth-order valence-electron chi connectivity index (χ4n) is 4.36. The standard InChI is InChI=1S/C29H31F5N4O2/c1-28(2,27(40)37-21-7-10-25(31)24(16-21)29(32,33)34)35-17-18-3-4-19(30)15-26(18)36-20-5-8-22(9-6-20)38-13-11-23(39)12-14-38/h3-10,15-16,23,35-36,39H,11-14,17H2,1-2H3,(H,37,40). The van der Waals surface area contributed by atoms with Crippen LogP contribution in [0, 0.1) is 11.6 Å². The number of benzene rings is 3. The molecule has 0 radical (unpaired) electrons. The largest absolute Gasteiger partial charge is 0.419 e. The minimum Gasteiger partial charge on any atom is -0.393 e. The quantitative estimate of drug-likeness (QED) is 0.246. The van der Waals surface area contributed by atoms with E-state index >= 15 is 0 Å². The van der Waals surface area contributed by atoms with Crippen molar-refractivity contribution in [1.29, 1.82) is 0 Å². The van der Waals surface area contributed by atoms with E-state index in [1.54, 1.807) is 19.9 Å². The van der Waals surface area contributed by atoms with E-state index in [1.165, 1.54) is 12.1 Å². The van der Waals surface area contributed by atoms with E-state index in [0.29, 0.717) is 36.2 Å². The first-order valence-electron chi connectivity index (χ1n) is 12.8. The van der Waals surface area contributed by atoms with Crippen LogP contribution in [-0.4, -0.2) is 35.7 Å². The zero-order valence-corrected chi connectivity index (χ0v) is 22.1. The Kier molecular flexibility index (Phi) is 8.65. The van der Waals surface area contributed by atoms with Crippen LogP contribution in [-0.2, 0) is 17.5 Å². The van der Waals surface area contributed by atoms with E-state index in [9.17, 15) is 31.9 Å². The molecule has 4 N–H and O–H groups in total. The summed E-state index contributed by atoms with van der Waals surface area (Å²) in [6.45, 7) is 4.76. The third kappa shape index (κ3) is 7.28. The molecule has 0 spiro atoms. The van der Waals surface area contributed by atoms with Crippen LogP contribution in [0.15, 0.2) is 60.7 Å². The lowest BCUT2D eigenvalue weighted by Gasteiger charge is -2.31.